The predicted molar refractivity (Wildman–Crippen MR) is 68.3 cm³/mol. The summed E-state index contributed by atoms with van der Waals surface area (Å²) in [6.07, 6.45) is 4.28. The largest absolute Gasteiger partial charge is 0.493 e. The van der Waals surface area contributed by atoms with Gasteiger partial charge in [-0.3, -0.25) is 4.79 Å². The average molecular weight is 232 g/mol. The minimum Gasteiger partial charge on any atom is -0.493 e. The first kappa shape index (κ1) is 12.2. The van der Waals surface area contributed by atoms with Crippen molar-refractivity contribution in [2.24, 2.45) is 5.92 Å². The molecule has 0 amide bonds. The van der Waals surface area contributed by atoms with Gasteiger partial charge in [0.1, 0.15) is 11.5 Å². The number of hydrogen-bond acceptors (Lipinski definition) is 2. The molecule has 0 bridgehead atoms. The third-order valence-electron chi connectivity index (χ3n) is 3.31. The monoisotopic (exact) mass is 232 g/mol. The maximum Gasteiger partial charge on any atom is 0.133 e. The third-order valence-corrected chi connectivity index (χ3v) is 3.31. The van der Waals surface area contributed by atoms with Gasteiger partial charge in [0.2, 0.25) is 0 Å². The molecule has 2 nitrogen and oxygen atoms in total. The Morgan fingerprint density at radius 3 is 2.94 bits per heavy atom. The Bertz CT molecular complexity index is 384. The number of Topliss-reactive ketones (excluding diaryl/α,β-unsaturated/α-hetero) is 1. The lowest BCUT2D eigenvalue weighted by molar-refractivity contribution is -0.120. The van der Waals surface area contributed by atoms with Crippen LogP contribution in [-0.4, -0.2) is 12.4 Å². The molecule has 0 aromatic heterocycles. The third kappa shape index (κ3) is 3.58. The summed E-state index contributed by atoms with van der Waals surface area (Å²) in [4.78, 5) is 11.6. The number of benzene rings is 1. The SMILES string of the molecule is CC1CCc2ccccc2OCCCC(=O)C1. The number of aryl methyl sites for hydroxylation is 1. The van der Waals surface area contributed by atoms with Gasteiger partial charge in [0.25, 0.3) is 0 Å². The number of hydrogen-bond donors (Lipinski definition) is 0. The molecule has 0 fully saturated rings. The number of ether oxygens (including phenoxy) is 1. The van der Waals surface area contributed by atoms with Gasteiger partial charge < -0.3 is 4.74 Å². The Hall–Kier alpha value is -1.31. The van der Waals surface area contributed by atoms with Crippen LogP contribution in [0.2, 0.25) is 0 Å². The molecular formula is C15H20O2. The minimum atomic E-state index is 0.382. The molecule has 1 heterocycles. The van der Waals surface area contributed by atoms with E-state index in [0.29, 0.717) is 24.7 Å². The summed E-state index contributed by atoms with van der Waals surface area (Å²) in [6, 6.07) is 8.21. The van der Waals surface area contributed by atoms with Crippen molar-refractivity contribution in [3.63, 3.8) is 0 Å². The molecule has 0 N–H and O–H groups in total. The summed E-state index contributed by atoms with van der Waals surface area (Å²) in [7, 11) is 0. The van der Waals surface area contributed by atoms with Crippen LogP contribution in [-0.2, 0) is 11.2 Å². The Kier molecular flexibility index (Phi) is 4.18. The van der Waals surface area contributed by atoms with E-state index in [1.165, 1.54) is 5.56 Å². The molecule has 1 aromatic rings. The summed E-state index contributed by atoms with van der Waals surface area (Å²) < 4.78 is 5.75. The quantitative estimate of drug-likeness (QED) is 0.685. The van der Waals surface area contributed by atoms with Crippen molar-refractivity contribution < 1.29 is 9.53 Å². The van der Waals surface area contributed by atoms with Crippen molar-refractivity contribution in [2.45, 2.75) is 39.0 Å². The Labute approximate surface area is 103 Å². The van der Waals surface area contributed by atoms with Gasteiger partial charge in [0.15, 0.2) is 0 Å². The first-order chi connectivity index (χ1) is 8.25. The van der Waals surface area contributed by atoms with Crippen molar-refractivity contribution >= 4 is 5.78 Å². The Morgan fingerprint density at radius 1 is 1.24 bits per heavy atom. The smallest absolute Gasteiger partial charge is 0.133 e. The standard InChI is InChI=1S/C15H20O2/c1-12-8-9-13-5-2-3-7-15(13)17-10-4-6-14(16)11-12/h2-3,5,7,12H,4,6,8-11H2,1H3. The van der Waals surface area contributed by atoms with Crippen LogP contribution < -0.4 is 4.74 Å². The molecule has 0 spiro atoms. The molecule has 1 aromatic carbocycles. The van der Waals surface area contributed by atoms with Crippen LogP contribution in [0.1, 0.15) is 38.2 Å². The summed E-state index contributed by atoms with van der Waals surface area (Å²) >= 11 is 0. The highest BCUT2D eigenvalue weighted by atomic mass is 16.5. The highest BCUT2D eigenvalue weighted by Gasteiger charge is 2.12. The molecule has 0 saturated carbocycles. The van der Waals surface area contributed by atoms with E-state index in [-0.39, 0.29) is 0 Å². The van der Waals surface area contributed by atoms with Crippen molar-refractivity contribution in [1.29, 1.82) is 0 Å². The van der Waals surface area contributed by atoms with Gasteiger partial charge in [-0.15, -0.1) is 0 Å². The molecular weight excluding hydrogens is 212 g/mol. The fourth-order valence-corrected chi connectivity index (χ4v) is 2.30. The van der Waals surface area contributed by atoms with E-state index in [9.17, 15) is 4.79 Å². The van der Waals surface area contributed by atoms with E-state index in [4.69, 9.17) is 4.74 Å². The molecule has 0 radical (unpaired) electrons. The first-order valence-corrected chi connectivity index (χ1v) is 6.48. The summed E-state index contributed by atoms with van der Waals surface area (Å²) in [5.41, 5.74) is 1.27. The maximum atomic E-state index is 11.6. The molecule has 2 rings (SSSR count). The Morgan fingerprint density at radius 2 is 2.06 bits per heavy atom. The predicted octanol–water partition coefficient (Wildman–Crippen LogP) is 3.39. The summed E-state index contributed by atoms with van der Waals surface area (Å²) in [5, 5.41) is 0. The van der Waals surface area contributed by atoms with E-state index in [1.54, 1.807) is 0 Å². The van der Waals surface area contributed by atoms with E-state index in [1.807, 2.05) is 12.1 Å². The van der Waals surface area contributed by atoms with Crippen molar-refractivity contribution in [3.8, 4) is 5.75 Å². The lowest BCUT2D eigenvalue weighted by atomic mass is 9.95. The molecule has 2 heteroatoms. The molecule has 1 aliphatic heterocycles. The highest BCUT2D eigenvalue weighted by Crippen LogP contribution is 2.23. The minimum absolute atomic E-state index is 0.382. The topological polar surface area (TPSA) is 26.3 Å². The molecule has 1 atom stereocenters. The van der Waals surface area contributed by atoms with E-state index < -0.39 is 0 Å². The molecule has 17 heavy (non-hydrogen) atoms. The number of fused-ring (bicyclic) bond motifs is 1. The zero-order valence-corrected chi connectivity index (χ0v) is 10.4. The van der Waals surface area contributed by atoms with Gasteiger partial charge in [0.05, 0.1) is 6.61 Å². The van der Waals surface area contributed by atoms with Crippen LogP contribution in [0.4, 0.5) is 0 Å². The first-order valence-electron chi connectivity index (χ1n) is 6.48. The molecule has 1 unspecified atom stereocenters. The normalized spacial score (nSPS) is 22.2. The maximum absolute atomic E-state index is 11.6. The van der Waals surface area contributed by atoms with Gasteiger partial charge in [-0.05, 0) is 36.8 Å². The number of rotatable bonds is 0. The van der Waals surface area contributed by atoms with Gasteiger partial charge in [-0.1, -0.05) is 25.1 Å². The second-order valence-corrected chi connectivity index (χ2v) is 4.95. The van der Waals surface area contributed by atoms with Crippen LogP contribution in [0.5, 0.6) is 5.75 Å². The zero-order chi connectivity index (χ0) is 12.1. The van der Waals surface area contributed by atoms with Crippen LogP contribution in [0, 0.1) is 5.92 Å². The van der Waals surface area contributed by atoms with Crippen LogP contribution >= 0.6 is 0 Å². The summed E-state index contributed by atoms with van der Waals surface area (Å²) in [5.74, 6) is 1.86. The van der Waals surface area contributed by atoms with Gasteiger partial charge in [-0.2, -0.15) is 0 Å². The Balaban J connectivity index is 2.11. The van der Waals surface area contributed by atoms with Crippen LogP contribution in [0.25, 0.3) is 0 Å². The molecule has 92 valence electrons. The number of ketones is 1. The highest BCUT2D eigenvalue weighted by molar-refractivity contribution is 5.78. The van der Waals surface area contributed by atoms with Crippen molar-refractivity contribution in [3.05, 3.63) is 29.8 Å². The number of carbonyl (C=O) groups excluding carboxylic acids is 1. The second kappa shape index (κ2) is 5.85. The lowest BCUT2D eigenvalue weighted by Gasteiger charge is -2.11. The average Bonchev–Trinajstić information content (AvgIpc) is 2.35. The number of carbonyl (C=O) groups is 1. The van der Waals surface area contributed by atoms with Crippen molar-refractivity contribution in [1.82, 2.24) is 0 Å². The molecule has 0 saturated heterocycles. The van der Waals surface area contributed by atoms with Gasteiger partial charge in [0, 0.05) is 12.8 Å². The van der Waals surface area contributed by atoms with Gasteiger partial charge in [-0.25, -0.2) is 0 Å². The van der Waals surface area contributed by atoms with E-state index in [0.717, 1.165) is 31.4 Å². The second-order valence-electron chi connectivity index (χ2n) is 4.95. The molecule has 1 aliphatic rings. The van der Waals surface area contributed by atoms with Crippen LogP contribution in [0.15, 0.2) is 24.3 Å². The zero-order valence-electron chi connectivity index (χ0n) is 10.4. The van der Waals surface area contributed by atoms with Crippen LogP contribution in [0.3, 0.4) is 0 Å². The van der Waals surface area contributed by atoms with E-state index >= 15 is 0 Å². The van der Waals surface area contributed by atoms with E-state index in [2.05, 4.69) is 19.1 Å². The number of para-hydroxylation sites is 1. The lowest BCUT2D eigenvalue weighted by Crippen LogP contribution is -2.06. The fraction of sp³-hybridized carbons (Fsp3) is 0.533. The molecule has 0 aliphatic carbocycles. The summed E-state index contributed by atoms with van der Waals surface area (Å²) in [6.45, 7) is 2.82. The fourth-order valence-electron chi connectivity index (χ4n) is 2.30. The van der Waals surface area contributed by atoms with Crippen molar-refractivity contribution in [2.75, 3.05) is 6.61 Å². The van der Waals surface area contributed by atoms with Gasteiger partial charge >= 0.3 is 0 Å².